The first kappa shape index (κ1) is 37.0. The van der Waals surface area contributed by atoms with Crippen LogP contribution in [0.3, 0.4) is 0 Å². The second-order valence-electron chi connectivity index (χ2n) is 15.1. The third-order valence-electron chi connectivity index (χ3n) is 9.75. The van der Waals surface area contributed by atoms with E-state index in [4.69, 9.17) is 8.85 Å². The van der Waals surface area contributed by atoms with Gasteiger partial charge < -0.3 is 19.1 Å². The summed E-state index contributed by atoms with van der Waals surface area (Å²) in [5, 5.41) is 25.0. The van der Waals surface area contributed by atoms with E-state index in [9.17, 15) is 10.2 Å². The number of hydrogen-bond acceptors (Lipinski definition) is 4. The van der Waals surface area contributed by atoms with E-state index in [0.29, 0.717) is 26.1 Å². The lowest BCUT2D eigenvalue weighted by Crippen LogP contribution is -2.68. The minimum Gasteiger partial charge on any atom is -0.407 e. The molecule has 0 heterocycles. The predicted octanol–water partition coefficient (Wildman–Crippen LogP) is 6.67. The van der Waals surface area contributed by atoms with Crippen molar-refractivity contribution in [1.29, 1.82) is 0 Å². The Labute approximate surface area is 286 Å². The van der Waals surface area contributed by atoms with Crippen LogP contribution in [0.4, 0.5) is 0 Å². The monoisotopic (exact) mass is 668 g/mol. The van der Waals surface area contributed by atoms with Gasteiger partial charge in [0.05, 0.1) is 0 Å². The molecule has 2 N–H and O–H groups in total. The van der Waals surface area contributed by atoms with Gasteiger partial charge in [-0.25, -0.2) is 0 Å². The molecule has 0 saturated heterocycles. The van der Waals surface area contributed by atoms with Crippen molar-refractivity contribution in [3.05, 3.63) is 121 Å². The molecule has 4 aromatic rings. The molecule has 0 bridgehead atoms. The van der Waals surface area contributed by atoms with Crippen molar-refractivity contribution in [1.82, 2.24) is 0 Å². The highest BCUT2D eigenvalue weighted by Crippen LogP contribution is 2.42. The molecule has 0 radical (unpaired) electrons. The highest BCUT2D eigenvalue weighted by atomic mass is 28.4. The van der Waals surface area contributed by atoms with E-state index in [1.807, 2.05) is 0 Å². The van der Waals surface area contributed by atoms with Crippen LogP contribution >= 0.6 is 0 Å². The van der Waals surface area contributed by atoms with Gasteiger partial charge in [-0.05, 0) is 56.5 Å². The van der Waals surface area contributed by atoms with Crippen LogP contribution in [0.2, 0.25) is 10.1 Å². The molecule has 252 valence electrons. The highest BCUT2D eigenvalue weighted by Gasteiger charge is 2.53. The lowest BCUT2D eigenvalue weighted by molar-refractivity contribution is 0.0413. The van der Waals surface area contributed by atoms with Crippen LogP contribution in [0.1, 0.15) is 67.2 Å². The molecule has 0 aromatic heterocycles. The van der Waals surface area contributed by atoms with Crippen LogP contribution in [0.5, 0.6) is 0 Å². The maximum Gasteiger partial charge on any atom is 0.261 e. The zero-order valence-electron chi connectivity index (χ0n) is 29.4. The Balaban J connectivity index is 1.87. The summed E-state index contributed by atoms with van der Waals surface area (Å²) in [4.78, 5) is 0. The predicted molar refractivity (Wildman–Crippen MR) is 202 cm³/mol. The molecule has 6 heteroatoms. The van der Waals surface area contributed by atoms with Gasteiger partial charge in [0.15, 0.2) is 0 Å². The van der Waals surface area contributed by atoms with E-state index in [0.717, 1.165) is 12.8 Å². The molecule has 4 nitrogen and oxygen atoms in total. The second kappa shape index (κ2) is 16.0. The largest absolute Gasteiger partial charge is 0.407 e. The smallest absolute Gasteiger partial charge is 0.261 e. The molecule has 0 aliphatic heterocycles. The van der Waals surface area contributed by atoms with E-state index >= 15 is 0 Å². The maximum absolute atomic E-state index is 10.2. The average molecular weight is 669 g/mol. The number of rotatable bonds is 16. The van der Waals surface area contributed by atoms with Gasteiger partial charge >= 0.3 is 0 Å². The molecule has 0 unspecified atom stereocenters. The standard InChI is InChI=1S/C41H56O4Si2/c1-39(2,3)46(35-21-11-7-12-22-35,36-23-13-8-14-24-36)44-33-41(29-19-31-42,30-20-32-43)34-45-47(40(4,5)6,37-25-15-9-16-26-37)38-27-17-10-18-28-38/h7-18,21-28,42-43H,19-20,29-34H2,1-6H3. The molecule has 0 amide bonds. The first-order valence-electron chi connectivity index (χ1n) is 17.2. The van der Waals surface area contributed by atoms with E-state index < -0.39 is 22.0 Å². The fraction of sp³-hybridized carbons (Fsp3) is 0.415. The van der Waals surface area contributed by atoms with E-state index in [-0.39, 0.29) is 23.3 Å². The normalized spacial score (nSPS) is 13.1. The zero-order chi connectivity index (χ0) is 34.0. The summed E-state index contributed by atoms with van der Waals surface area (Å²) in [5.74, 6) is 0. The van der Waals surface area contributed by atoms with Crippen LogP contribution in [0, 0.1) is 5.41 Å². The Hall–Kier alpha value is -2.85. The van der Waals surface area contributed by atoms with Crippen LogP contribution in [-0.4, -0.2) is 53.3 Å². The number of aliphatic hydroxyl groups is 2. The molecular formula is C41H56O4Si2. The Morgan fingerprint density at radius 3 is 0.915 bits per heavy atom. The van der Waals surface area contributed by atoms with Gasteiger partial charge in [0.1, 0.15) is 0 Å². The SMILES string of the molecule is CC(C)(C)[Si](OCC(CCCO)(CCCO)CO[Si](c1ccccc1)(c1ccccc1)C(C)(C)C)(c1ccccc1)c1ccccc1. The van der Waals surface area contributed by atoms with Gasteiger partial charge in [0.2, 0.25) is 0 Å². The van der Waals surface area contributed by atoms with Crippen molar-refractivity contribution in [3.8, 4) is 0 Å². The highest BCUT2D eigenvalue weighted by molar-refractivity contribution is 7.00. The topological polar surface area (TPSA) is 58.9 Å². The fourth-order valence-corrected chi connectivity index (χ4v) is 16.8. The summed E-state index contributed by atoms with van der Waals surface area (Å²) in [7, 11) is -5.69. The van der Waals surface area contributed by atoms with Crippen LogP contribution in [0.25, 0.3) is 0 Å². The molecular weight excluding hydrogens is 613 g/mol. The van der Waals surface area contributed by atoms with Crippen molar-refractivity contribution in [3.63, 3.8) is 0 Å². The number of benzene rings is 4. The molecule has 0 fully saturated rings. The maximum atomic E-state index is 10.2. The summed E-state index contributed by atoms with van der Waals surface area (Å²) in [6.07, 6.45) is 2.75. The second-order valence-corrected chi connectivity index (χ2v) is 23.7. The Bertz CT molecular complexity index is 1270. The van der Waals surface area contributed by atoms with Gasteiger partial charge in [-0.1, -0.05) is 163 Å². The van der Waals surface area contributed by atoms with Crippen molar-refractivity contribution >= 4 is 37.4 Å². The number of hydrogen-bond donors (Lipinski definition) is 2. The van der Waals surface area contributed by atoms with Crippen LogP contribution in [0.15, 0.2) is 121 Å². The average Bonchev–Trinajstić information content (AvgIpc) is 3.07. The van der Waals surface area contributed by atoms with E-state index in [1.54, 1.807) is 0 Å². The molecule has 47 heavy (non-hydrogen) atoms. The lowest BCUT2D eigenvalue weighted by Gasteiger charge is -2.48. The van der Waals surface area contributed by atoms with E-state index in [1.165, 1.54) is 20.7 Å². The molecule has 4 rings (SSSR count). The van der Waals surface area contributed by atoms with Crippen molar-refractivity contribution in [2.24, 2.45) is 5.41 Å². The molecule has 0 aliphatic rings. The first-order valence-corrected chi connectivity index (χ1v) is 21.0. The van der Waals surface area contributed by atoms with Crippen LogP contribution in [-0.2, 0) is 8.85 Å². The Morgan fingerprint density at radius 1 is 0.447 bits per heavy atom. The van der Waals surface area contributed by atoms with Gasteiger partial charge in [-0.15, -0.1) is 0 Å². The molecule has 0 spiro atoms. The third-order valence-corrected chi connectivity index (χ3v) is 19.7. The van der Waals surface area contributed by atoms with Gasteiger partial charge in [-0.3, -0.25) is 0 Å². The van der Waals surface area contributed by atoms with Gasteiger partial charge in [0.25, 0.3) is 16.6 Å². The quantitative estimate of drug-likeness (QED) is 0.131. The van der Waals surface area contributed by atoms with Gasteiger partial charge in [-0.2, -0.15) is 0 Å². The van der Waals surface area contributed by atoms with Crippen molar-refractivity contribution in [2.45, 2.75) is 77.3 Å². The summed E-state index contributed by atoms with van der Waals surface area (Å²) < 4.78 is 15.2. The zero-order valence-corrected chi connectivity index (χ0v) is 31.4. The summed E-state index contributed by atoms with van der Waals surface area (Å²) in [6, 6.07) is 43.0. The fourth-order valence-electron chi connectivity index (χ4n) is 7.41. The Kier molecular flexibility index (Phi) is 12.6. The summed E-state index contributed by atoms with van der Waals surface area (Å²) >= 11 is 0. The summed E-state index contributed by atoms with van der Waals surface area (Å²) in [6.45, 7) is 15.0. The van der Waals surface area contributed by atoms with Crippen molar-refractivity contribution in [2.75, 3.05) is 26.4 Å². The molecule has 0 aliphatic carbocycles. The lowest BCUT2D eigenvalue weighted by atomic mass is 9.80. The molecule has 0 atom stereocenters. The molecule has 4 aromatic carbocycles. The van der Waals surface area contributed by atoms with E-state index in [2.05, 4.69) is 163 Å². The minimum absolute atomic E-state index is 0.0965. The van der Waals surface area contributed by atoms with Gasteiger partial charge in [0, 0.05) is 31.8 Å². The Morgan fingerprint density at radius 2 is 0.702 bits per heavy atom. The van der Waals surface area contributed by atoms with Crippen LogP contribution < -0.4 is 20.7 Å². The minimum atomic E-state index is -2.85. The summed E-state index contributed by atoms with van der Waals surface area (Å²) in [5.41, 5.74) is -0.425. The third kappa shape index (κ3) is 8.07. The number of aliphatic hydroxyl groups excluding tert-OH is 2. The van der Waals surface area contributed by atoms with Crippen molar-refractivity contribution < 1.29 is 19.1 Å². The first-order chi connectivity index (χ1) is 22.5. The molecule has 0 saturated carbocycles.